The van der Waals surface area contributed by atoms with Gasteiger partial charge in [0.15, 0.2) is 5.65 Å². The average molecular weight is 267 g/mol. The monoisotopic (exact) mass is 267 g/mol. The van der Waals surface area contributed by atoms with E-state index >= 15 is 0 Å². The van der Waals surface area contributed by atoms with E-state index in [2.05, 4.69) is 43.0 Å². The zero-order chi connectivity index (χ0) is 14.3. The molecule has 0 bridgehead atoms. The maximum atomic E-state index is 9.95. The van der Waals surface area contributed by atoms with Gasteiger partial charge in [-0.25, -0.2) is 4.98 Å². The lowest BCUT2D eigenvalue weighted by Crippen LogP contribution is -2.10. The highest BCUT2D eigenvalue weighted by molar-refractivity contribution is 5.63. The van der Waals surface area contributed by atoms with Crippen LogP contribution in [0.4, 0.5) is 0 Å². The minimum Gasteiger partial charge on any atom is -0.493 e. The van der Waals surface area contributed by atoms with E-state index in [0.717, 1.165) is 11.3 Å². The van der Waals surface area contributed by atoms with Crippen LogP contribution >= 0.6 is 0 Å². The van der Waals surface area contributed by atoms with Crippen molar-refractivity contribution in [3.8, 4) is 17.1 Å². The predicted molar refractivity (Wildman–Crippen MR) is 78.8 cm³/mol. The molecule has 0 saturated carbocycles. The van der Waals surface area contributed by atoms with Gasteiger partial charge in [-0.2, -0.15) is 9.61 Å². The first-order valence-electron chi connectivity index (χ1n) is 6.60. The fraction of sp³-hybridized carbons (Fsp3) is 0.250. The van der Waals surface area contributed by atoms with E-state index < -0.39 is 0 Å². The normalized spacial score (nSPS) is 11.9. The lowest BCUT2D eigenvalue weighted by Gasteiger charge is -2.19. The first-order valence-corrected chi connectivity index (χ1v) is 6.60. The largest absolute Gasteiger partial charge is 0.493 e. The van der Waals surface area contributed by atoms with E-state index in [1.54, 1.807) is 18.3 Å². The second-order valence-corrected chi connectivity index (χ2v) is 5.93. The molecule has 2 heterocycles. The highest BCUT2D eigenvalue weighted by atomic mass is 16.3. The van der Waals surface area contributed by atoms with E-state index in [-0.39, 0.29) is 11.3 Å². The zero-order valence-corrected chi connectivity index (χ0v) is 11.8. The molecule has 3 aromatic rings. The molecule has 0 aliphatic heterocycles. The fourth-order valence-electron chi connectivity index (χ4n) is 2.19. The van der Waals surface area contributed by atoms with Crippen LogP contribution in [0.3, 0.4) is 0 Å². The maximum absolute atomic E-state index is 9.95. The van der Waals surface area contributed by atoms with Gasteiger partial charge in [0.25, 0.3) is 0 Å². The molecule has 0 unspecified atom stereocenters. The minimum atomic E-state index is 0.0925. The molecule has 102 valence electrons. The Morgan fingerprint density at radius 3 is 2.40 bits per heavy atom. The summed E-state index contributed by atoms with van der Waals surface area (Å²) in [6.07, 6.45) is 1.62. The molecule has 0 atom stereocenters. The van der Waals surface area contributed by atoms with Crippen LogP contribution in [-0.2, 0) is 5.41 Å². The third-order valence-corrected chi connectivity index (χ3v) is 3.39. The van der Waals surface area contributed by atoms with Gasteiger partial charge in [0, 0.05) is 17.7 Å². The van der Waals surface area contributed by atoms with Crippen LogP contribution < -0.4 is 0 Å². The topological polar surface area (TPSA) is 50.4 Å². The summed E-state index contributed by atoms with van der Waals surface area (Å²) in [5.74, 6) is 0.0925. The molecule has 0 aliphatic rings. The highest BCUT2D eigenvalue weighted by Crippen LogP contribution is 2.27. The van der Waals surface area contributed by atoms with Gasteiger partial charge < -0.3 is 5.11 Å². The van der Waals surface area contributed by atoms with Crippen molar-refractivity contribution in [2.75, 3.05) is 0 Å². The molecule has 1 N–H and O–H groups in total. The molecule has 3 rings (SSSR count). The van der Waals surface area contributed by atoms with E-state index in [4.69, 9.17) is 0 Å². The van der Waals surface area contributed by atoms with Crippen LogP contribution in [-0.4, -0.2) is 19.7 Å². The number of hydrogen-bond acceptors (Lipinski definition) is 3. The van der Waals surface area contributed by atoms with Gasteiger partial charge in [0.2, 0.25) is 5.88 Å². The van der Waals surface area contributed by atoms with Crippen molar-refractivity contribution in [2.45, 2.75) is 26.2 Å². The van der Waals surface area contributed by atoms with Crippen LogP contribution in [0.25, 0.3) is 16.9 Å². The van der Waals surface area contributed by atoms with Gasteiger partial charge in [-0.15, -0.1) is 0 Å². The first kappa shape index (κ1) is 12.7. The minimum absolute atomic E-state index is 0.0925. The van der Waals surface area contributed by atoms with Gasteiger partial charge in [0.05, 0.1) is 11.9 Å². The summed E-state index contributed by atoms with van der Waals surface area (Å²) < 4.78 is 1.41. The highest BCUT2D eigenvalue weighted by Gasteiger charge is 2.14. The molecule has 0 amide bonds. The molecule has 4 heteroatoms. The predicted octanol–water partition coefficient (Wildman–Crippen LogP) is 3.40. The zero-order valence-electron chi connectivity index (χ0n) is 11.8. The van der Waals surface area contributed by atoms with Crippen molar-refractivity contribution in [1.29, 1.82) is 0 Å². The summed E-state index contributed by atoms with van der Waals surface area (Å²) in [4.78, 5) is 4.50. The van der Waals surface area contributed by atoms with Crippen LogP contribution in [0.2, 0.25) is 0 Å². The van der Waals surface area contributed by atoms with E-state index in [0.29, 0.717) is 5.65 Å². The summed E-state index contributed by atoms with van der Waals surface area (Å²) in [7, 11) is 0. The summed E-state index contributed by atoms with van der Waals surface area (Å²) in [5.41, 5.74) is 3.77. The maximum Gasteiger partial charge on any atom is 0.216 e. The van der Waals surface area contributed by atoms with Crippen molar-refractivity contribution >= 4 is 5.65 Å². The standard InChI is InChI=1S/C16H17N3O/c1-16(2,3)12-6-4-11(5-7-12)13-10-15(20)19-14(18-13)8-9-17-19/h4-10,20H,1-3H3. The lowest BCUT2D eigenvalue weighted by molar-refractivity contribution is 0.435. The summed E-state index contributed by atoms with van der Waals surface area (Å²) in [5, 5.41) is 14.0. The molecule has 0 aliphatic carbocycles. The van der Waals surface area contributed by atoms with Crippen LogP contribution in [0.1, 0.15) is 26.3 Å². The Hall–Kier alpha value is -2.36. The Morgan fingerprint density at radius 1 is 1.05 bits per heavy atom. The second kappa shape index (κ2) is 4.34. The quantitative estimate of drug-likeness (QED) is 0.735. The van der Waals surface area contributed by atoms with Crippen LogP contribution in [0.5, 0.6) is 5.88 Å². The number of benzene rings is 1. The smallest absolute Gasteiger partial charge is 0.216 e. The lowest BCUT2D eigenvalue weighted by atomic mass is 9.86. The SMILES string of the molecule is CC(C)(C)c1ccc(-c2cc(O)n3nccc3n2)cc1. The molecule has 0 saturated heterocycles. The van der Waals surface area contributed by atoms with Gasteiger partial charge >= 0.3 is 0 Å². The Morgan fingerprint density at radius 2 is 1.75 bits per heavy atom. The molecular formula is C16H17N3O. The van der Waals surface area contributed by atoms with E-state index in [1.807, 2.05) is 12.1 Å². The molecule has 0 fully saturated rings. The van der Waals surface area contributed by atoms with Crippen molar-refractivity contribution < 1.29 is 5.11 Å². The second-order valence-electron chi connectivity index (χ2n) is 5.93. The fourth-order valence-corrected chi connectivity index (χ4v) is 2.19. The Balaban J connectivity index is 2.06. The number of nitrogens with zero attached hydrogens (tertiary/aromatic N) is 3. The Labute approximate surface area is 117 Å². The number of hydrogen-bond donors (Lipinski definition) is 1. The van der Waals surface area contributed by atoms with Crippen molar-refractivity contribution in [3.63, 3.8) is 0 Å². The van der Waals surface area contributed by atoms with Gasteiger partial charge in [-0.05, 0) is 11.0 Å². The summed E-state index contributed by atoms with van der Waals surface area (Å²) in [6, 6.07) is 11.7. The van der Waals surface area contributed by atoms with E-state index in [1.165, 1.54) is 10.1 Å². The van der Waals surface area contributed by atoms with Crippen LogP contribution in [0, 0.1) is 0 Å². The van der Waals surface area contributed by atoms with Crippen molar-refractivity contribution in [3.05, 3.63) is 48.2 Å². The summed E-state index contributed by atoms with van der Waals surface area (Å²) in [6.45, 7) is 6.55. The summed E-state index contributed by atoms with van der Waals surface area (Å²) >= 11 is 0. The number of rotatable bonds is 1. The van der Waals surface area contributed by atoms with Gasteiger partial charge in [-0.1, -0.05) is 45.0 Å². The Bertz CT molecular complexity index is 751. The Kier molecular flexibility index (Phi) is 2.74. The van der Waals surface area contributed by atoms with Gasteiger partial charge in [0.1, 0.15) is 0 Å². The molecule has 0 radical (unpaired) electrons. The average Bonchev–Trinajstić information content (AvgIpc) is 2.86. The van der Waals surface area contributed by atoms with Crippen molar-refractivity contribution in [2.24, 2.45) is 0 Å². The molecule has 1 aromatic carbocycles. The number of fused-ring (bicyclic) bond motifs is 1. The third kappa shape index (κ3) is 2.13. The molecule has 0 spiro atoms. The molecular weight excluding hydrogens is 250 g/mol. The molecule has 4 nitrogen and oxygen atoms in total. The first-order chi connectivity index (χ1) is 9.45. The molecule has 2 aromatic heterocycles. The van der Waals surface area contributed by atoms with E-state index in [9.17, 15) is 5.11 Å². The van der Waals surface area contributed by atoms with Crippen molar-refractivity contribution in [1.82, 2.24) is 14.6 Å². The van der Waals surface area contributed by atoms with Crippen LogP contribution in [0.15, 0.2) is 42.6 Å². The number of aromatic nitrogens is 3. The molecule has 20 heavy (non-hydrogen) atoms. The van der Waals surface area contributed by atoms with Gasteiger partial charge in [-0.3, -0.25) is 0 Å². The number of aromatic hydroxyl groups is 1. The third-order valence-electron chi connectivity index (χ3n) is 3.39.